The fourth-order valence-electron chi connectivity index (χ4n) is 1.01. The highest BCUT2D eigenvalue weighted by molar-refractivity contribution is 7.99. The molecular formula is C11H13ClO2S. The molecule has 1 N–H and O–H groups in total. The monoisotopic (exact) mass is 244 g/mol. The maximum absolute atomic E-state index is 10.7. The predicted molar refractivity (Wildman–Crippen MR) is 64.0 cm³/mol. The summed E-state index contributed by atoms with van der Waals surface area (Å²) in [5.41, 5.74) is 0.230. The molecule has 0 aliphatic heterocycles. The van der Waals surface area contributed by atoms with E-state index in [1.807, 2.05) is 0 Å². The quantitative estimate of drug-likeness (QED) is 0.819. The predicted octanol–water partition coefficient (Wildman–Crippen LogP) is 3.79. The van der Waals surface area contributed by atoms with Gasteiger partial charge in [0.2, 0.25) is 0 Å². The van der Waals surface area contributed by atoms with Crippen molar-refractivity contribution in [1.82, 2.24) is 0 Å². The summed E-state index contributed by atoms with van der Waals surface area (Å²) in [6.45, 7) is 4.26. The Morgan fingerprint density at radius 1 is 1.53 bits per heavy atom. The average molecular weight is 245 g/mol. The van der Waals surface area contributed by atoms with Crippen LogP contribution < -0.4 is 0 Å². The van der Waals surface area contributed by atoms with Crippen molar-refractivity contribution in [2.24, 2.45) is 5.92 Å². The third kappa shape index (κ3) is 3.76. The van der Waals surface area contributed by atoms with E-state index in [0.717, 1.165) is 10.6 Å². The molecule has 0 aliphatic carbocycles. The lowest BCUT2D eigenvalue weighted by Gasteiger charge is -2.06. The van der Waals surface area contributed by atoms with Crippen LogP contribution in [0.25, 0.3) is 0 Å². The van der Waals surface area contributed by atoms with E-state index in [-0.39, 0.29) is 5.56 Å². The number of hydrogen-bond acceptors (Lipinski definition) is 2. The molecule has 0 spiro atoms. The number of benzene rings is 1. The minimum absolute atomic E-state index is 0.230. The number of halogens is 1. The van der Waals surface area contributed by atoms with E-state index in [9.17, 15) is 4.79 Å². The topological polar surface area (TPSA) is 37.3 Å². The molecule has 2 nitrogen and oxygen atoms in total. The fraction of sp³-hybridized carbons (Fsp3) is 0.364. The molecule has 1 aromatic carbocycles. The molecule has 0 atom stereocenters. The molecule has 15 heavy (non-hydrogen) atoms. The molecule has 0 bridgehead atoms. The summed E-state index contributed by atoms with van der Waals surface area (Å²) in [7, 11) is 0. The molecule has 0 saturated heterocycles. The Hall–Kier alpha value is -0.670. The highest BCUT2D eigenvalue weighted by Gasteiger charge is 2.07. The standard InChI is InChI=1S/C11H13ClO2S/c1-7(2)6-15-10-4-3-8(11(13)14)5-9(10)12/h3-5,7H,6H2,1-2H3,(H,13,14). The fourth-order valence-corrected chi connectivity index (χ4v) is 2.23. The van der Waals surface area contributed by atoms with Gasteiger partial charge in [0.15, 0.2) is 0 Å². The first-order chi connectivity index (χ1) is 7.00. The molecule has 0 radical (unpaired) electrons. The maximum Gasteiger partial charge on any atom is 0.335 e. The Balaban J connectivity index is 2.79. The zero-order chi connectivity index (χ0) is 11.4. The van der Waals surface area contributed by atoms with Gasteiger partial charge in [-0.15, -0.1) is 11.8 Å². The Morgan fingerprint density at radius 2 is 2.20 bits per heavy atom. The largest absolute Gasteiger partial charge is 0.478 e. The minimum Gasteiger partial charge on any atom is -0.478 e. The summed E-state index contributed by atoms with van der Waals surface area (Å²) < 4.78 is 0. The molecule has 4 heteroatoms. The first-order valence-electron chi connectivity index (χ1n) is 4.66. The van der Waals surface area contributed by atoms with Crippen LogP contribution in [0.15, 0.2) is 23.1 Å². The van der Waals surface area contributed by atoms with Crippen molar-refractivity contribution in [3.05, 3.63) is 28.8 Å². The lowest BCUT2D eigenvalue weighted by Crippen LogP contribution is -1.96. The van der Waals surface area contributed by atoms with Crippen molar-refractivity contribution < 1.29 is 9.90 Å². The first kappa shape index (κ1) is 12.4. The Kier molecular flexibility index (Phi) is 4.48. The van der Waals surface area contributed by atoms with E-state index in [1.54, 1.807) is 23.9 Å². The van der Waals surface area contributed by atoms with Crippen LogP contribution in [0.1, 0.15) is 24.2 Å². The Morgan fingerprint density at radius 3 is 2.67 bits per heavy atom. The molecule has 0 aliphatic rings. The number of hydrogen-bond donors (Lipinski definition) is 1. The van der Waals surface area contributed by atoms with Gasteiger partial charge >= 0.3 is 5.97 Å². The molecular weight excluding hydrogens is 232 g/mol. The number of rotatable bonds is 4. The van der Waals surface area contributed by atoms with Gasteiger partial charge in [-0.3, -0.25) is 0 Å². The minimum atomic E-state index is -0.947. The molecule has 0 heterocycles. The van der Waals surface area contributed by atoms with Crippen molar-refractivity contribution in [3.8, 4) is 0 Å². The highest BCUT2D eigenvalue weighted by Crippen LogP contribution is 2.29. The van der Waals surface area contributed by atoms with E-state index in [1.165, 1.54) is 6.07 Å². The average Bonchev–Trinajstić information content (AvgIpc) is 2.15. The number of thioether (sulfide) groups is 1. The van der Waals surface area contributed by atoms with Gasteiger partial charge in [-0.05, 0) is 24.1 Å². The summed E-state index contributed by atoms with van der Waals surface area (Å²) >= 11 is 7.62. The van der Waals surface area contributed by atoms with Crippen molar-refractivity contribution in [3.63, 3.8) is 0 Å². The van der Waals surface area contributed by atoms with Crippen LogP contribution in [0.2, 0.25) is 5.02 Å². The van der Waals surface area contributed by atoms with Crippen molar-refractivity contribution >= 4 is 29.3 Å². The van der Waals surface area contributed by atoms with Crippen molar-refractivity contribution in [2.45, 2.75) is 18.7 Å². The maximum atomic E-state index is 10.7. The van der Waals surface area contributed by atoms with Crippen LogP contribution in [-0.4, -0.2) is 16.8 Å². The smallest absolute Gasteiger partial charge is 0.335 e. The van der Waals surface area contributed by atoms with Gasteiger partial charge in [0.05, 0.1) is 10.6 Å². The molecule has 0 fully saturated rings. The summed E-state index contributed by atoms with van der Waals surface area (Å²) in [5, 5.41) is 9.27. The molecule has 0 aromatic heterocycles. The normalized spacial score (nSPS) is 10.7. The zero-order valence-electron chi connectivity index (χ0n) is 8.66. The van der Waals surface area contributed by atoms with Crippen molar-refractivity contribution in [2.75, 3.05) is 5.75 Å². The highest BCUT2D eigenvalue weighted by atomic mass is 35.5. The van der Waals surface area contributed by atoms with Gasteiger partial charge in [0, 0.05) is 10.6 Å². The van der Waals surface area contributed by atoms with E-state index in [4.69, 9.17) is 16.7 Å². The second-order valence-corrected chi connectivity index (χ2v) is 5.12. The zero-order valence-corrected chi connectivity index (χ0v) is 10.2. The second kappa shape index (κ2) is 5.42. The SMILES string of the molecule is CC(C)CSc1ccc(C(=O)O)cc1Cl. The van der Waals surface area contributed by atoms with Gasteiger partial charge in [0.25, 0.3) is 0 Å². The van der Waals surface area contributed by atoms with Crippen LogP contribution in [-0.2, 0) is 0 Å². The van der Waals surface area contributed by atoms with Crippen LogP contribution in [0.5, 0.6) is 0 Å². The van der Waals surface area contributed by atoms with E-state index < -0.39 is 5.97 Å². The third-order valence-electron chi connectivity index (χ3n) is 1.75. The van der Waals surface area contributed by atoms with E-state index >= 15 is 0 Å². The summed E-state index contributed by atoms with van der Waals surface area (Å²) in [5.74, 6) is 0.620. The van der Waals surface area contributed by atoms with Crippen LogP contribution in [0.3, 0.4) is 0 Å². The number of carboxylic acids is 1. The summed E-state index contributed by atoms with van der Waals surface area (Å²) in [4.78, 5) is 11.6. The van der Waals surface area contributed by atoms with E-state index in [2.05, 4.69) is 13.8 Å². The Labute approximate surface area is 98.6 Å². The van der Waals surface area contributed by atoms with Gasteiger partial charge < -0.3 is 5.11 Å². The molecule has 0 unspecified atom stereocenters. The summed E-state index contributed by atoms with van der Waals surface area (Å²) in [6, 6.07) is 4.84. The van der Waals surface area contributed by atoms with Crippen LogP contribution in [0.4, 0.5) is 0 Å². The molecule has 0 amide bonds. The van der Waals surface area contributed by atoms with E-state index in [0.29, 0.717) is 10.9 Å². The third-order valence-corrected chi connectivity index (χ3v) is 3.68. The lowest BCUT2D eigenvalue weighted by atomic mass is 10.2. The molecule has 82 valence electrons. The Bertz CT molecular complexity index is 364. The van der Waals surface area contributed by atoms with Gasteiger partial charge in [-0.1, -0.05) is 25.4 Å². The molecule has 1 aromatic rings. The van der Waals surface area contributed by atoms with Gasteiger partial charge in [-0.2, -0.15) is 0 Å². The summed E-state index contributed by atoms with van der Waals surface area (Å²) in [6.07, 6.45) is 0. The first-order valence-corrected chi connectivity index (χ1v) is 6.02. The van der Waals surface area contributed by atoms with Gasteiger partial charge in [-0.25, -0.2) is 4.79 Å². The lowest BCUT2D eigenvalue weighted by molar-refractivity contribution is 0.0697. The van der Waals surface area contributed by atoms with Crippen LogP contribution in [0, 0.1) is 5.92 Å². The second-order valence-electron chi connectivity index (χ2n) is 3.66. The van der Waals surface area contributed by atoms with Crippen LogP contribution >= 0.6 is 23.4 Å². The van der Waals surface area contributed by atoms with Gasteiger partial charge in [0.1, 0.15) is 0 Å². The number of carboxylic acid groups (broad SMARTS) is 1. The number of aromatic carboxylic acids is 1. The van der Waals surface area contributed by atoms with Crippen molar-refractivity contribution in [1.29, 1.82) is 0 Å². The molecule has 0 saturated carbocycles. The molecule has 1 rings (SSSR count). The number of carbonyl (C=O) groups is 1.